The largest absolute Gasteiger partial charge is 0.465 e. The van der Waals surface area contributed by atoms with Crippen molar-refractivity contribution in [2.24, 2.45) is 0 Å². The van der Waals surface area contributed by atoms with Crippen molar-refractivity contribution in [2.45, 2.75) is 40.2 Å². The van der Waals surface area contributed by atoms with Crippen molar-refractivity contribution in [3.05, 3.63) is 41.1 Å². The van der Waals surface area contributed by atoms with E-state index in [1.807, 2.05) is 6.92 Å². The van der Waals surface area contributed by atoms with Crippen LogP contribution in [-0.2, 0) is 19.1 Å². The Morgan fingerprint density at radius 1 is 1.12 bits per heavy atom. The molecule has 0 saturated heterocycles. The molecule has 10 heteroatoms. The first-order valence-electron chi connectivity index (χ1n) is 10.6. The highest BCUT2D eigenvalue weighted by atomic mass is 16.5. The van der Waals surface area contributed by atoms with Gasteiger partial charge in [0.1, 0.15) is 6.54 Å². The Labute approximate surface area is 187 Å². The van der Waals surface area contributed by atoms with Gasteiger partial charge in [-0.05, 0) is 44.9 Å². The normalized spacial score (nSPS) is 15.7. The van der Waals surface area contributed by atoms with Gasteiger partial charge in [-0.3, -0.25) is 9.69 Å². The Balaban J connectivity index is 2.27. The fourth-order valence-electron chi connectivity index (χ4n) is 3.33. The number of urea groups is 2. The molecule has 0 saturated carbocycles. The highest BCUT2D eigenvalue weighted by Gasteiger charge is 2.36. The average Bonchev–Trinajstić information content (AvgIpc) is 2.75. The van der Waals surface area contributed by atoms with Gasteiger partial charge in [0.25, 0.3) is 0 Å². The standard InChI is InChI=1S/C22H30N4O6/c1-5-11-26-14(4)18(20(28)32-7-3)19(25-22(26)30)15-9-8-10-16(12-15)24-21(29)23-13-17(27)31-6-2/h8-10,12,19H,5-7,11,13H2,1-4H3,(H,25,30)(H2,23,24,29). The van der Waals surface area contributed by atoms with E-state index in [0.29, 0.717) is 29.1 Å². The van der Waals surface area contributed by atoms with Crippen molar-refractivity contribution in [2.75, 3.05) is 31.6 Å². The molecule has 1 aromatic rings. The van der Waals surface area contributed by atoms with E-state index in [2.05, 4.69) is 16.0 Å². The smallest absolute Gasteiger partial charge is 0.338 e. The van der Waals surface area contributed by atoms with Crippen LogP contribution in [0.3, 0.4) is 0 Å². The third kappa shape index (κ3) is 6.22. The first-order valence-corrected chi connectivity index (χ1v) is 10.6. The first kappa shape index (κ1) is 24.7. The molecule has 1 atom stereocenters. The molecule has 174 valence electrons. The highest BCUT2D eigenvalue weighted by Crippen LogP contribution is 2.32. The number of nitrogens with zero attached hydrogens (tertiary/aromatic N) is 1. The van der Waals surface area contributed by atoms with Gasteiger partial charge in [0.05, 0.1) is 24.8 Å². The van der Waals surface area contributed by atoms with Gasteiger partial charge >= 0.3 is 24.0 Å². The Morgan fingerprint density at radius 2 is 1.84 bits per heavy atom. The number of esters is 2. The molecule has 1 aliphatic heterocycles. The summed E-state index contributed by atoms with van der Waals surface area (Å²) in [5.41, 5.74) is 1.89. The maximum absolute atomic E-state index is 12.7. The molecule has 3 N–H and O–H groups in total. The Morgan fingerprint density at radius 3 is 2.50 bits per heavy atom. The summed E-state index contributed by atoms with van der Waals surface area (Å²) in [4.78, 5) is 50.4. The molecule has 0 fully saturated rings. The van der Waals surface area contributed by atoms with E-state index in [0.717, 1.165) is 6.42 Å². The zero-order chi connectivity index (χ0) is 23.7. The molecule has 1 heterocycles. The summed E-state index contributed by atoms with van der Waals surface area (Å²) in [7, 11) is 0. The molecule has 4 amide bonds. The Bertz CT molecular complexity index is 898. The number of hydrogen-bond donors (Lipinski definition) is 3. The summed E-state index contributed by atoms with van der Waals surface area (Å²) < 4.78 is 10.0. The second-order valence-electron chi connectivity index (χ2n) is 6.99. The monoisotopic (exact) mass is 446 g/mol. The summed E-state index contributed by atoms with van der Waals surface area (Å²) in [6.45, 7) is 7.69. The fourth-order valence-corrected chi connectivity index (χ4v) is 3.33. The Kier molecular flexibility index (Phi) is 9.06. The number of carbonyl (C=O) groups is 4. The van der Waals surface area contributed by atoms with E-state index in [4.69, 9.17) is 9.47 Å². The van der Waals surface area contributed by atoms with Gasteiger partial charge in [0.2, 0.25) is 0 Å². The van der Waals surface area contributed by atoms with Gasteiger partial charge in [0, 0.05) is 17.9 Å². The van der Waals surface area contributed by atoms with Gasteiger partial charge < -0.3 is 25.4 Å². The minimum absolute atomic E-state index is 0.201. The number of ether oxygens (including phenoxy) is 2. The maximum atomic E-state index is 12.7. The second kappa shape index (κ2) is 11.7. The molecule has 0 aliphatic carbocycles. The lowest BCUT2D eigenvalue weighted by Crippen LogP contribution is -2.48. The van der Waals surface area contributed by atoms with Crippen LogP contribution in [0.4, 0.5) is 15.3 Å². The maximum Gasteiger partial charge on any atom is 0.338 e. The van der Waals surface area contributed by atoms with Crippen molar-refractivity contribution >= 4 is 29.7 Å². The van der Waals surface area contributed by atoms with Crippen LogP contribution in [-0.4, -0.2) is 55.2 Å². The number of nitrogens with one attached hydrogen (secondary N) is 3. The molecular formula is C22H30N4O6. The molecule has 1 unspecified atom stereocenters. The van der Waals surface area contributed by atoms with E-state index in [1.54, 1.807) is 45.0 Å². The van der Waals surface area contributed by atoms with Crippen molar-refractivity contribution in [1.29, 1.82) is 0 Å². The third-order valence-electron chi connectivity index (χ3n) is 4.72. The van der Waals surface area contributed by atoms with Crippen LogP contribution >= 0.6 is 0 Å². The molecule has 0 radical (unpaired) electrons. The molecule has 2 rings (SSSR count). The minimum Gasteiger partial charge on any atom is -0.465 e. The summed E-state index contributed by atoms with van der Waals surface area (Å²) in [6, 6.07) is 5.10. The number of anilines is 1. The van der Waals surface area contributed by atoms with E-state index >= 15 is 0 Å². The Hall–Kier alpha value is -3.56. The fraction of sp³-hybridized carbons (Fsp3) is 0.455. The van der Waals surface area contributed by atoms with Gasteiger partial charge in [-0.15, -0.1) is 0 Å². The van der Waals surface area contributed by atoms with Gasteiger partial charge in [-0.25, -0.2) is 14.4 Å². The number of hydrogen-bond acceptors (Lipinski definition) is 6. The van der Waals surface area contributed by atoms with Crippen LogP contribution < -0.4 is 16.0 Å². The molecule has 10 nitrogen and oxygen atoms in total. The van der Waals surface area contributed by atoms with E-state index in [9.17, 15) is 19.2 Å². The lowest BCUT2D eigenvalue weighted by Gasteiger charge is -2.35. The predicted octanol–water partition coefficient (Wildman–Crippen LogP) is 2.68. The molecule has 32 heavy (non-hydrogen) atoms. The predicted molar refractivity (Wildman–Crippen MR) is 118 cm³/mol. The van der Waals surface area contributed by atoms with Crippen LogP contribution in [0.2, 0.25) is 0 Å². The van der Waals surface area contributed by atoms with E-state index in [1.165, 1.54) is 4.90 Å². The van der Waals surface area contributed by atoms with Crippen LogP contribution in [0.5, 0.6) is 0 Å². The summed E-state index contributed by atoms with van der Waals surface area (Å²) in [5, 5.41) is 7.90. The van der Waals surface area contributed by atoms with Crippen molar-refractivity contribution in [3.8, 4) is 0 Å². The van der Waals surface area contributed by atoms with Crippen LogP contribution in [0.15, 0.2) is 35.5 Å². The first-order chi connectivity index (χ1) is 15.3. The zero-order valence-corrected chi connectivity index (χ0v) is 18.8. The summed E-state index contributed by atoms with van der Waals surface area (Å²) >= 11 is 0. The lowest BCUT2D eigenvalue weighted by atomic mass is 9.94. The lowest BCUT2D eigenvalue weighted by molar-refractivity contribution is -0.142. The van der Waals surface area contributed by atoms with Crippen LogP contribution in [0, 0.1) is 0 Å². The summed E-state index contributed by atoms with van der Waals surface area (Å²) in [5.74, 6) is -1.06. The van der Waals surface area contributed by atoms with E-state index in [-0.39, 0.29) is 25.8 Å². The number of rotatable bonds is 9. The molecule has 1 aromatic carbocycles. The van der Waals surface area contributed by atoms with Crippen LogP contribution in [0.1, 0.15) is 45.7 Å². The zero-order valence-electron chi connectivity index (χ0n) is 18.8. The molecule has 0 spiro atoms. The SMILES string of the molecule is CCCN1C(=O)NC(c2cccc(NC(=O)NCC(=O)OCC)c2)C(C(=O)OCC)=C1C. The second-order valence-corrected chi connectivity index (χ2v) is 6.99. The molecular weight excluding hydrogens is 416 g/mol. The van der Waals surface area contributed by atoms with Crippen molar-refractivity contribution < 1.29 is 28.7 Å². The summed E-state index contributed by atoms with van der Waals surface area (Å²) in [6.07, 6.45) is 0.728. The molecule has 0 aromatic heterocycles. The van der Waals surface area contributed by atoms with E-state index < -0.39 is 24.0 Å². The van der Waals surface area contributed by atoms with Crippen molar-refractivity contribution in [1.82, 2.24) is 15.5 Å². The van der Waals surface area contributed by atoms with Crippen molar-refractivity contribution in [3.63, 3.8) is 0 Å². The van der Waals surface area contributed by atoms with Gasteiger partial charge in [-0.1, -0.05) is 19.1 Å². The molecule has 0 bridgehead atoms. The van der Waals surface area contributed by atoms with Gasteiger partial charge in [-0.2, -0.15) is 0 Å². The average molecular weight is 447 g/mol. The molecule has 1 aliphatic rings. The number of allylic oxidation sites excluding steroid dienone is 1. The third-order valence-corrected chi connectivity index (χ3v) is 4.72. The quantitative estimate of drug-likeness (QED) is 0.501. The number of benzene rings is 1. The number of amides is 4. The topological polar surface area (TPSA) is 126 Å². The number of carbonyl (C=O) groups excluding carboxylic acids is 4. The minimum atomic E-state index is -0.737. The van der Waals surface area contributed by atoms with Crippen LogP contribution in [0.25, 0.3) is 0 Å². The van der Waals surface area contributed by atoms with Gasteiger partial charge in [0.15, 0.2) is 0 Å². The highest BCUT2D eigenvalue weighted by molar-refractivity contribution is 5.95.